The SMILES string of the molecule is C=C(F)C(=O)N1CCN(c2nc(=O)n3c4c(c(-c5ccc(F)cc5F)c(C(F)(F)F)cc24)SC[C@@H](OC)C3)CC1. The zero-order valence-electron chi connectivity index (χ0n) is 21.0. The zero-order chi connectivity index (χ0) is 28.9. The molecule has 7 nitrogen and oxygen atoms in total. The van der Waals surface area contributed by atoms with Gasteiger partial charge in [-0.3, -0.25) is 9.36 Å². The Hall–Kier alpha value is -3.52. The summed E-state index contributed by atoms with van der Waals surface area (Å²) in [5.74, 6) is -4.07. The lowest BCUT2D eigenvalue weighted by Crippen LogP contribution is -2.49. The first-order valence-electron chi connectivity index (χ1n) is 12.1. The molecule has 212 valence electrons. The molecule has 1 aromatic heterocycles. The highest BCUT2D eigenvalue weighted by molar-refractivity contribution is 7.99. The van der Waals surface area contributed by atoms with Crippen LogP contribution in [0.15, 0.2) is 46.4 Å². The second-order valence-corrected chi connectivity index (χ2v) is 10.4. The number of halogens is 6. The fourth-order valence-corrected chi connectivity index (χ4v) is 6.31. The summed E-state index contributed by atoms with van der Waals surface area (Å²) in [5, 5.41) is -0.00729. The third kappa shape index (κ3) is 4.94. The number of carbonyl (C=O) groups is 1. The lowest BCUT2D eigenvalue weighted by atomic mass is 9.95. The quantitative estimate of drug-likeness (QED) is 0.330. The molecule has 0 bridgehead atoms. The fourth-order valence-electron chi connectivity index (χ4n) is 5.00. The molecule has 1 amide bonds. The molecule has 0 aliphatic carbocycles. The highest BCUT2D eigenvalue weighted by atomic mass is 32.2. The molecule has 0 spiro atoms. The van der Waals surface area contributed by atoms with Gasteiger partial charge in [0.25, 0.3) is 5.91 Å². The summed E-state index contributed by atoms with van der Waals surface area (Å²) in [5.41, 5.74) is -2.80. The number of rotatable bonds is 4. The molecule has 3 heterocycles. The van der Waals surface area contributed by atoms with Gasteiger partial charge in [-0.2, -0.15) is 18.2 Å². The molecule has 1 saturated heterocycles. The summed E-state index contributed by atoms with van der Waals surface area (Å²) >= 11 is 0.975. The van der Waals surface area contributed by atoms with Gasteiger partial charge < -0.3 is 14.5 Å². The van der Waals surface area contributed by atoms with E-state index in [9.17, 15) is 35.9 Å². The Balaban J connectivity index is 1.78. The van der Waals surface area contributed by atoms with Crippen LogP contribution in [-0.2, 0) is 22.3 Å². The van der Waals surface area contributed by atoms with E-state index in [2.05, 4.69) is 11.6 Å². The predicted molar refractivity (Wildman–Crippen MR) is 137 cm³/mol. The van der Waals surface area contributed by atoms with Crippen LogP contribution in [0.5, 0.6) is 0 Å². The largest absolute Gasteiger partial charge is 0.417 e. The molecular formula is C26H22F6N4O3S. The van der Waals surface area contributed by atoms with Crippen LogP contribution in [0.1, 0.15) is 5.56 Å². The van der Waals surface area contributed by atoms with Crippen LogP contribution < -0.4 is 10.6 Å². The Morgan fingerprint density at radius 1 is 1.15 bits per heavy atom. The van der Waals surface area contributed by atoms with E-state index in [0.717, 1.165) is 30.0 Å². The van der Waals surface area contributed by atoms with Gasteiger partial charge >= 0.3 is 11.9 Å². The first-order chi connectivity index (χ1) is 18.9. The average molecular weight is 585 g/mol. The topological polar surface area (TPSA) is 67.7 Å². The predicted octanol–water partition coefficient (Wildman–Crippen LogP) is 4.61. The Kier molecular flexibility index (Phi) is 7.33. The highest BCUT2D eigenvalue weighted by Gasteiger charge is 2.39. The molecule has 1 atom stereocenters. The van der Waals surface area contributed by atoms with Gasteiger partial charge in [0.15, 0.2) is 5.83 Å². The van der Waals surface area contributed by atoms with Gasteiger partial charge in [-0.05, 0) is 18.2 Å². The highest BCUT2D eigenvalue weighted by Crippen LogP contribution is 2.48. The minimum absolute atomic E-state index is 0.00729. The average Bonchev–Trinajstić information content (AvgIpc) is 3.10. The van der Waals surface area contributed by atoms with Crippen molar-refractivity contribution in [3.05, 3.63) is 64.4 Å². The molecule has 14 heteroatoms. The van der Waals surface area contributed by atoms with Crippen molar-refractivity contribution < 1.29 is 35.9 Å². The van der Waals surface area contributed by atoms with E-state index in [-0.39, 0.29) is 60.1 Å². The zero-order valence-corrected chi connectivity index (χ0v) is 21.8. The molecule has 2 aromatic carbocycles. The van der Waals surface area contributed by atoms with Crippen molar-refractivity contribution in [1.82, 2.24) is 14.5 Å². The molecule has 2 aliphatic rings. The van der Waals surface area contributed by atoms with Gasteiger partial charge in [-0.25, -0.2) is 18.0 Å². The van der Waals surface area contributed by atoms with Crippen LogP contribution in [0, 0.1) is 11.6 Å². The summed E-state index contributed by atoms with van der Waals surface area (Å²) < 4.78 is 92.5. The molecule has 2 aliphatic heterocycles. The van der Waals surface area contributed by atoms with Crippen LogP contribution in [0.25, 0.3) is 22.0 Å². The van der Waals surface area contributed by atoms with Crippen LogP contribution in [0.4, 0.5) is 32.2 Å². The van der Waals surface area contributed by atoms with E-state index in [1.807, 2.05) is 0 Å². The summed E-state index contributed by atoms with van der Waals surface area (Å²) in [6.07, 6.45) is -5.53. The van der Waals surface area contributed by atoms with Gasteiger partial charge in [0.05, 0.1) is 23.7 Å². The molecule has 3 aromatic rings. The van der Waals surface area contributed by atoms with Gasteiger partial charge in [-0.1, -0.05) is 6.58 Å². The molecule has 1 fully saturated rings. The first kappa shape index (κ1) is 28.0. The number of carbonyl (C=O) groups excluding carboxylic acids is 1. The van der Waals surface area contributed by atoms with E-state index in [0.29, 0.717) is 6.07 Å². The van der Waals surface area contributed by atoms with E-state index in [4.69, 9.17) is 4.74 Å². The lowest BCUT2D eigenvalue weighted by molar-refractivity contribution is -0.137. The summed E-state index contributed by atoms with van der Waals surface area (Å²) in [7, 11) is 1.40. The standard InChI is InChI=1S/C26H22F6N4O3S/c1-13(27)24(37)35-7-5-34(6-8-35)23-17-10-18(26(30,31)32)20(16-4-3-14(28)9-19(16)29)22-21(17)36(25(38)33-23)11-15(39-2)12-40-22/h3-4,9-10,15H,1,5-8,11-12H2,2H3/t15-/m0/s1. The molecule has 0 saturated carbocycles. The van der Waals surface area contributed by atoms with Crippen molar-refractivity contribution in [2.45, 2.75) is 23.7 Å². The monoisotopic (exact) mass is 584 g/mol. The number of hydrogen-bond acceptors (Lipinski definition) is 6. The lowest BCUT2D eigenvalue weighted by Gasteiger charge is -2.35. The molecule has 0 radical (unpaired) electrons. The minimum atomic E-state index is -4.96. The number of methoxy groups -OCH3 is 1. The van der Waals surface area contributed by atoms with Crippen molar-refractivity contribution in [3.63, 3.8) is 0 Å². The van der Waals surface area contributed by atoms with Crippen LogP contribution in [0.2, 0.25) is 0 Å². The van der Waals surface area contributed by atoms with Crippen molar-refractivity contribution in [1.29, 1.82) is 0 Å². The molecule has 40 heavy (non-hydrogen) atoms. The number of benzene rings is 2. The van der Waals surface area contributed by atoms with Gasteiger partial charge in [0.1, 0.15) is 17.5 Å². The normalized spacial score (nSPS) is 17.7. The summed E-state index contributed by atoms with van der Waals surface area (Å²) in [6.45, 7) is 3.14. The van der Waals surface area contributed by atoms with Crippen LogP contribution in [0.3, 0.4) is 0 Å². The van der Waals surface area contributed by atoms with E-state index < -0.39 is 58.0 Å². The summed E-state index contributed by atoms with van der Waals surface area (Å²) in [4.78, 5) is 32.2. The number of aromatic nitrogens is 2. The number of alkyl halides is 3. The number of nitrogens with zero attached hydrogens (tertiary/aromatic N) is 4. The number of ether oxygens (including phenoxy) is 1. The minimum Gasteiger partial charge on any atom is -0.379 e. The maximum Gasteiger partial charge on any atom is 0.417 e. The van der Waals surface area contributed by atoms with E-state index >= 15 is 0 Å². The number of amides is 1. The molecule has 5 rings (SSSR count). The Morgan fingerprint density at radius 2 is 1.85 bits per heavy atom. The van der Waals surface area contributed by atoms with Crippen molar-refractivity contribution in [2.75, 3.05) is 43.9 Å². The maximum absolute atomic E-state index is 15.0. The maximum atomic E-state index is 15.0. The summed E-state index contributed by atoms with van der Waals surface area (Å²) in [6, 6.07) is 3.14. The molecular weight excluding hydrogens is 562 g/mol. The third-order valence-corrected chi connectivity index (χ3v) is 8.16. The third-order valence-electron chi connectivity index (χ3n) is 6.94. The molecule has 0 N–H and O–H groups in total. The Bertz CT molecular complexity index is 1580. The second kappa shape index (κ2) is 10.5. The van der Waals surface area contributed by atoms with Crippen molar-refractivity contribution in [2.24, 2.45) is 0 Å². The van der Waals surface area contributed by atoms with Crippen molar-refractivity contribution >= 4 is 34.4 Å². The number of anilines is 1. The first-order valence-corrected chi connectivity index (χ1v) is 13.1. The van der Waals surface area contributed by atoms with E-state index in [1.54, 1.807) is 4.90 Å². The van der Waals surface area contributed by atoms with Gasteiger partial charge in [0.2, 0.25) is 0 Å². The van der Waals surface area contributed by atoms with Crippen molar-refractivity contribution in [3.8, 4) is 11.1 Å². The smallest absolute Gasteiger partial charge is 0.379 e. The van der Waals surface area contributed by atoms with Crippen LogP contribution >= 0.6 is 11.8 Å². The Morgan fingerprint density at radius 3 is 2.45 bits per heavy atom. The second-order valence-electron chi connectivity index (χ2n) is 9.33. The van der Waals surface area contributed by atoms with Crippen LogP contribution in [-0.4, -0.2) is 65.5 Å². The fraction of sp³-hybridized carbons (Fsp3) is 0.346. The Labute approximate surface area is 228 Å². The number of piperazine rings is 1. The number of thioether (sulfide) groups is 1. The van der Waals surface area contributed by atoms with E-state index in [1.165, 1.54) is 16.6 Å². The number of hydrogen-bond donors (Lipinski definition) is 0. The molecule has 0 unspecified atom stereocenters. The van der Waals surface area contributed by atoms with Gasteiger partial charge in [0, 0.05) is 66.5 Å². The van der Waals surface area contributed by atoms with Gasteiger partial charge in [-0.15, -0.1) is 11.8 Å².